The summed E-state index contributed by atoms with van der Waals surface area (Å²) < 4.78 is 6.38. The summed E-state index contributed by atoms with van der Waals surface area (Å²) in [7, 11) is 0. The van der Waals surface area contributed by atoms with Crippen LogP contribution in [0.5, 0.6) is 0 Å². The lowest BCUT2D eigenvalue weighted by Crippen LogP contribution is -2.33. The Morgan fingerprint density at radius 3 is 2.35 bits per heavy atom. The van der Waals surface area contributed by atoms with Crippen LogP contribution in [0.1, 0.15) is 27.1 Å². The number of nitrogens with zero attached hydrogens (tertiary/aromatic N) is 1. The van der Waals surface area contributed by atoms with Crippen molar-refractivity contribution in [3.63, 3.8) is 0 Å². The molecule has 2 rings (SSSR count). The summed E-state index contributed by atoms with van der Waals surface area (Å²) in [4.78, 5) is 22.5. The molecule has 110 valence electrons. The van der Waals surface area contributed by atoms with Crippen molar-refractivity contribution in [1.82, 2.24) is 4.57 Å². The summed E-state index contributed by atoms with van der Waals surface area (Å²) in [6.45, 7) is -0.509. The molecule has 1 fully saturated rings. The molecule has 0 aromatic carbocycles. The van der Waals surface area contributed by atoms with Crippen LogP contribution in [-0.2, 0) is 4.74 Å². The number of aromatic nitrogens is 1. The molecule has 20 heavy (non-hydrogen) atoms. The topological polar surface area (TPSA) is 161 Å². The SMILES string of the molecule is NC(=O)c1cc(C(N)=O)n([C@@H]2O[C@H](CO)[C@@H](O)[C@@H]2O)c1. The van der Waals surface area contributed by atoms with Crippen molar-refractivity contribution in [3.8, 4) is 0 Å². The molecule has 0 aliphatic carbocycles. The maximum atomic E-state index is 11.4. The smallest absolute Gasteiger partial charge is 0.265 e. The highest BCUT2D eigenvalue weighted by Crippen LogP contribution is 2.31. The van der Waals surface area contributed by atoms with E-state index in [9.17, 15) is 19.8 Å². The Bertz CT molecular complexity index is 542. The summed E-state index contributed by atoms with van der Waals surface area (Å²) >= 11 is 0. The minimum Gasteiger partial charge on any atom is -0.394 e. The molecule has 9 nitrogen and oxygen atoms in total. The van der Waals surface area contributed by atoms with Crippen molar-refractivity contribution in [2.75, 3.05) is 6.61 Å². The number of carbonyl (C=O) groups excluding carboxylic acids is 2. The van der Waals surface area contributed by atoms with Crippen molar-refractivity contribution in [2.24, 2.45) is 11.5 Å². The largest absolute Gasteiger partial charge is 0.394 e. The van der Waals surface area contributed by atoms with E-state index in [-0.39, 0.29) is 11.3 Å². The molecule has 0 bridgehead atoms. The van der Waals surface area contributed by atoms with E-state index in [1.165, 1.54) is 12.3 Å². The van der Waals surface area contributed by atoms with Crippen LogP contribution in [0, 0.1) is 0 Å². The van der Waals surface area contributed by atoms with Crippen LogP contribution in [0.25, 0.3) is 0 Å². The van der Waals surface area contributed by atoms with E-state index in [1.807, 2.05) is 0 Å². The van der Waals surface area contributed by atoms with E-state index in [1.54, 1.807) is 0 Å². The monoisotopic (exact) mass is 285 g/mol. The van der Waals surface area contributed by atoms with Gasteiger partial charge in [0.25, 0.3) is 5.91 Å². The number of hydrogen-bond donors (Lipinski definition) is 5. The minimum absolute atomic E-state index is 0.0107. The van der Waals surface area contributed by atoms with Crippen molar-refractivity contribution in [2.45, 2.75) is 24.5 Å². The van der Waals surface area contributed by atoms with E-state index >= 15 is 0 Å². The van der Waals surface area contributed by atoms with E-state index in [4.69, 9.17) is 21.3 Å². The van der Waals surface area contributed by atoms with Gasteiger partial charge in [0.05, 0.1) is 12.2 Å². The second-order valence-corrected chi connectivity index (χ2v) is 4.48. The van der Waals surface area contributed by atoms with Crippen LogP contribution in [0.15, 0.2) is 12.3 Å². The van der Waals surface area contributed by atoms with Gasteiger partial charge in [0.15, 0.2) is 6.23 Å². The van der Waals surface area contributed by atoms with Gasteiger partial charge >= 0.3 is 0 Å². The highest BCUT2D eigenvalue weighted by molar-refractivity contribution is 5.98. The average Bonchev–Trinajstić information content (AvgIpc) is 2.93. The molecule has 1 aromatic rings. The summed E-state index contributed by atoms with van der Waals surface area (Å²) in [5.41, 5.74) is 10.2. The van der Waals surface area contributed by atoms with E-state index in [2.05, 4.69) is 0 Å². The fourth-order valence-electron chi connectivity index (χ4n) is 2.13. The third kappa shape index (κ3) is 2.27. The second-order valence-electron chi connectivity index (χ2n) is 4.48. The van der Waals surface area contributed by atoms with E-state index in [0.29, 0.717) is 0 Å². The summed E-state index contributed by atoms with van der Waals surface area (Å²) in [5, 5.41) is 28.6. The number of aliphatic hydroxyl groups is 3. The zero-order valence-corrected chi connectivity index (χ0v) is 10.3. The van der Waals surface area contributed by atoms with Crippen LogP contribution >= 0.6 is 0 Å². The first-order valence-corrected chi connectivity index (χ1v) is 5.80. The van der Waals surface area contributed by atoms with Gasteiger partial charge in [-0.15, -0.1) is 0 Å². The van der Waals surface area contributed by atoms with Gasteiger partial charge in [-0.25, -0.2) is 0 Å². The zero-order chi connectivity index (χ0) is 15.0. The number of carbonyl (C=O) groups is 2. The molecule has 0 radical (unpaired) electrons. The molecule has 9 heteroatoms. The van der Waals surface area contributed by atoms with Gasteiger partial charge in [-0.3, -0.25) is 9.59 Å². The van der Waals surface area contributed by atoms with E-state index in [0.717, 1.165) is 4.57 Å². The Morgan fingerprint density at radius 2 is 1.90 bits per heavy atom. The molecule has 2 amide bonds. The quantitative estimate of drug-likeness (QED) is 0.404. The van der Waals surface area contributed by atoms with Crippen LogP contribution in [-0.4, -0.2) is 56.6 Å². The lowest BCUT2D eigenvalue weighted by atomic mass is 10.1. The number of nitrogens with two attached hydrogens (primary N) is 2. The molecular formula is C11H15N3O6. The van der Waals surface area contributed by atoms with E-state index < -0.39 is 43.0 Å². The average molecular weight is 285 g/mol. The standard InChI is InChI=1S/C11H15N3O6/c12-9(18)4-1-5(10(13)19)14(2-4)11-8(17)7(16)6(3-15)20-11/h1-2,6-8,11,15-17H,3H2,(H2,12,18)(H2,13,19)/t6-,7-,8+,11-/m1/s1. The Hall–Kier alpha value is -1.94. The number of rotatable bonds is 4. The Labute approximate surface area is 113 Å². The van der Waals surface area contributed by atoms with Gasteiger partial charge in [-0.05, 0) is 6.07 Å². The van der Waals surface area contributed by atoms with Crippen LogP contribution in [0.3, 0.4) is 0 Å². The lowest BCUT2D eigenvalue weighted by Gasteiger charge is -2.18. The summed E-state index contributed by atoms with van der Waals surface area (Å²) in [6, 6.07) is 1.17. The van der Waals surface area contributed by atoms with Crippen LogP contribution in [0.2, 0.25) is 0 Å². The molecule has 2 heterocycles. The molecule has 1 aliphatic rings. The first-order chi connectivity index (χ1) is 9.36. The van der Waals surface area contributed by atoms with Gasteiger partial charge < -0.3 is 36.1 Å². The predicted molar refractivity (Wildman–Crippen MR) is 64.5 cm³/mol. The molecule has 0 unspecified atom stereocenters. The number of amides is 2. The Morgan fingerprint density at radius 1 is 1.25 bits per heavy atom. The molecule has 1 aliphatic heterocycles. The second kappa shape index (κ2) is 5.21. The van der Waals surface area contributed by atoms with Crippen molar-refractivity contribution in [1.29, 1.82) is 0 Å². The summed E-state index contributed by atoms with van der Waals surface area (Å²) in [6.07, 6.45) is -3.68. The van der Waals surface area contributed by atoms with Crippen LogP contribution < -0.4 is 11.5 Å². The normalized spacial score (nSPS) is 29.6. The first-order valence-electron chi connectivity index (χ1n) is 5.80. The summed E-state index contributed by atoms with van der Waals surface area (Å²) in [5.74, 6) is -1.63. The number of ether oxygens (including phenoxy) is 1. The molecule has 4 atom stereocenters. The van der Waals surface area contributed by atoms with Gasteiger partial charge in [-0.2, -0.15) is 0 Å². The zero-order valence-electron chi connectivity index (χ0n) is 10.3. The molecule has 0 saturated carbocycles. The predicted octanol–water partition coefficient (Wildman–Crippen LogP) is -2.70. The minimum atomic E-state index is -1.39. The number of aliphatic hydroxyl groups excluding tert-OH is 3. The Kier molecular flexibility index (Phi) is 3.77. The van der Waals surface area contributed by atoms with Crippen molar-refractivity contribution >= 4 is 11.8 Å². The highest BCUT2D eigenvalue weighted by atomic mass is 16.6. The lowest BCUT2D eigenvalue weighted by molar-refractivity contribution is -0.0532. The van der Waals surface area contributed by atoms with Crippen LogP contribution in [0.4, 0.5) is 0 Å². The molecular weight excluding hydrogens is 270 g/mol. The maximum absolute atomic E-state index is 11.4. The molecule has 7 N–H and O–H groups in total. The van der Waals surface area contributed by atoms with Gasteiger partial charge in [0.1, 0.15) is 24.0 Å². The van der Waals surface area contributed by atoms with Gasteiger partial charge in [0, 0.05) is 6.20 Å². The van der Waals surface area contributed by atoms with Gasteiger partial charge in [-0.1, -0.05) is 0 Å². The maximum Gasteiger partial charge on any atom is 0.265 e. The Balaban J connectivity index is 2.42. The fraction of sp³-hybridized carbons (Fsp3) is 0.455. The molecule has 1 saturated heterocycles. The molecule has 1 aromatic heterocycles. The third-order valence-corrected chi connectivity index (χ3v) is 3.18. The fourth-order valence-corrected chi connectivity index (χ4v) is 2.13. The van der Waals surface area contributed by atoms with Gasteiger partial charge in [0.2, 0.25) is 5.91 Å². The van der Waals surface area contributed by atoms with Crippen molar-refractivity contribution < 1.29 is 29.6 Å². The third-order valence-electron chi connectivity index (χ3n) is 3.18. The number of primary amides is 2. The highest BCUT2D eigenvalue weighted by Gasteiger charge is 2.44. The van der Waals surface area contributed by atoms with Crippen molar-refractivity contribution in [3.05, 3.63) is 23.5 Å². The number of hydrogen-bond acceptors (Lipinski definition) is 6. The first kappa shape index (κ1) is 14.5. The molecule has 0 spiro atoms.